The Bertz CT molecular complexity index is 450. The Hall–Kier alpha value is -1.39. The summed E-state index contributed by atoms with van der Waals surface area (Å²) in [5.74, 6) is -0.00808. The van der Waals surface area contributed by atoms with Gasteiger partial charge < -0.3 is 14.8 Å². The molecule has 1 fully saturated rings. The number of carbonyl (C=O) groups is 1. The molecule has 21 heavy (non-hydrogen) atoms. The fourth-order valence-corrected chi connectivity index (χ4v) is 2.34. The topological polar surface area (TPSA) is 47.6 Å². The first-order valence-corrected chi connectivity index (χ1v) is 7.71. The number of amides is 1. The quantitative estimate of drug-likeness (QED) is 0.840. The highest BCUT2D eigenvalue weighted by Gasteiger charge is 2.30. The van der Waals surface area contributed by atoms with Gasteiger partial charge in [0, 0.05) is 18.2 Å². The van der Waals surface area contributed by atoms with Gasteiger partial charge in [0.1, 0.15) is 0 Å². The molecule has 1 aromatic carbocycles. The first-order chi connectivity index (χ1) is 10.1. The van der Waals surface area contributed by atoms with Crippen molar-refractivity contribution in [2.24, 2.45) is 0 Å². The SMILES string of the molecule is CCOC1CC(NC(=O)c2ccc(COC(C)C)cc2)C1. The van der Waals surface area contributed by atoms with E-state index in [2.05, 4.69) is 5.32 Å². The maximum Gasteiger partial charge on any atom is 0.251 e. The largest absolute Gasteiger partial charge is 0.378 e. The lowest BCUT2D eigenvalue weighted by molar-refractivity contribution is -0.00862. The van der Waals surface area contributed by atoms with Gasteiger partial charge in [0.05, 0.1) is 18.8 Å². The summed E-state index contributed by atoms with van der Waals surface area (Å²) in [6.07, 6.45) is 2.36. The molecule has 0 spiro atoms. The summed E-state index contributed by atoms with van der Waals surface area (Å²) >= 11 is 0. The molecule has 0 aliphatic heterocycles. The van der Waals surface area contributed by atoms with Crippen LogP contribution in [0.5, 0.6) is 0 Å². The Morgan fingerprint density at radius 1 is 1.29 bits per heavy atom. The van der Waals surface area contributed by atoms with E-state index in [0.29, 0.717) is 18.3 Å². The Balaban J connectivity index is 1.78. The zero-order chi connectivity index (χ0) is 15.2. The number of carbonyl (C=O) groups excluding carboxylic acids is 1. The molecule has 2 rings (SSSR count). The van der Waals surface area contributed by atoms with Gasteiger partial charge >= 0.3 is 0 Å². The molecule has 1 saturated carbocycles. The number of ether oxygens (including phenoxy) is 2. The van der Waals surface area contributed by atoms with E-state index in [1.54, 1.807) is 0 Å². The summed E-state index contributed by atoms with van der Waals surface area (Å²) in [6, 6.07) is 7.85. The van der Waals surface area contributed by atoms with Crippen LogP contribution in [0.4, 0.5) is 0 Å². The van der Waals surface area contributed by atoms with Crippen molar-refractivity contribution in [3.05, 3.63) is 35.4 Å². The third kappa shape index (κ3) is 4.83. The van der Waals surface area contributed by atoms with Crippen molar-refractivity contribution < 1.29 is 14.3 Å². The number of nitrogens with one attached hydrogen (secondary N) is 1. The van der Waals surface area contributed by atoms with Gasteiger partial charge in [-0.15, -0.1) is 0 Å². The molecule has 1 N–H and O–H groups in total. The first-order valence-electron chi connectivity index (χ1n) is 7.71. The minimum Gasteiger partial charge on any atom is -0.378 e. The zero-order valence-corrected chi connectivity index (χ0v) is 13.1. The Morgan fingerprint density at radius 2 is 1.95 bits per heavy atom. The van der Waals surface area contributed by atoms with Crippen molar-refractivity contribution in [3.8, 4) is 0 Å². The maximum atomic E-state index is 12.1. The number of benzene rings is 1. The van der Waals surface area contributed by atoms with E-state index in [1.165, 1.54) is 0 Å². The van der Waals surface area contributed by atoms with Gasteiger partial charge in [0.2, 0.25) is 0 Å². The number of hydrogen-bond acceptors (Lipinski definition) is 3. The van der Waals surface area contributed by atoms with Gasteiger partial charge in [0.15, 0.2) is 0 Å². The Labute approximate surface area is 126 Å². The highest BCUT2D eigenvalue weighted by molar-refractivity contribution is 5.94. The molecule has 1 aliphatic carbocycles. The van der Waals surface area contributed by atoms with Crippen LogP contribution in [0.3, 0.4) is 0 Å². The fraction of sp³-hybridized carbons (Fsp3) is 0.588. The third-order valence-electron chi connectivity index (χ3n) is 3.63. The van der Waals surface area contributed by atoms with E-state index < -0.39 is 0 Å². The van der Waals surface area contributed by atoms with Crippen molar-refractivity contribution in [2.75, 3.05) is 6.61 Å². The molecule has 1 aliphatic rings. The van der Waals surface area contributed by atoms with E-state index in [1.807, 2.05) is 45.0 Å². The van der Waals surface area contributed by atoms with Crippen LogP contribution in [0.15, 0.2) is 24.3 Å². The molecule has 0 bridgehead atoms. The van der Waals surface area contributed by atoms with Crippen LogP contribution >= 0.6 is 0 Å². The summed E-state index contributed by atoms with van der Waals surface area (Å²) in [7, 11) is 0. The molecular weight excluding hydrogens is 266 g/mol. The van der Waals surface area contributed by atoms with Gasteiger partial charge in [-0.3, -0.25) is 4.79 Å². The van der Waals surface area contributed by atoms with Crippen LogP contribution in [0.25, 0.3) is 0 Å². The molecule has 0 heterocycles. The maximum absolute atomic E-state index is 12.1. The van der Waals surface area contributed by atoms with Crippen molar-refractivity contribution in [2.45, 2.75) is 58.5 Å². The van der Waals surface area contributed by atoms with Crippen LogP contribution in [0, 0.1) is 0 Å². The van der Waals surface area contributed by atoms with Crippen LogP contribution in [-0.4, -0.2) is 30.8 Å². The van der Waals surface area contributed by atoms with Gasteiger partial charge in [-0.05, 0) is 51.3 Å². The number of hydrogen-bond donors (Lipinski definition) is 1. The van der Waals surface area contributed by atoms with E-state index in [0.717, 1.165) is 25.0 Å². The summed E-state index contributed by atoms with van der Waals surface area (Å²) < 4.78 is 11.0. The molecule has 4 heteroatoms. The van der Waals surface area contributed by atoms with E-state index in [9.17, 15) is 4.79 Å². The molecule has 116 valence electrons. The standard InChI is InChI=1S/C17H25NO3/c1-4-20-16-9-15(10-16)18-17(19)14-7-5-13(6-8-14)11-21-12(2)3/h5-8,12,15-16H,4,9-11H2,1-3H3,(H,18,19). The lowest BCUT2D eigenvalue weighted by atomic mass is 9.89. The monoisotopic (exact) mass is 291 g/mol. The van der Waals surface area contributed by atoms with Crippen LogP contribution in [-0.2, 0) is 16.1 Å². The van der Waals surface area contributed by atoms with Crippen molar-refractivity contribution in [1.29, 1.82) is 0 Å². The molecule has 0 saturated heterocycles. The van der Waals surface area contributed by atoms with Gasteiger partial charge in [-0.2, -0.15) is 0 Å². The smallest absolute Gasteiger partial charge is 0.251 e. The second-order valence-electron chi connectivity index (χ2n) is 5.78. The normalized spacial score (nSPS) is 21.1. The molecular formula is C17H25NO3. The van der Waals surface area contributed by atoms with Crippen LogP contribution < -0.4 is 5.32 Å². The Morgan fingerprint density at radius 3 is 2.52 bits per heavy atom. The van der Waals surface area contributed by atoms with Gasteiger partial charge in [-0.1, -0.05) is 12.1 Å². The highest BCUT2D eigenvalue weighted by atomic mass is 16.5. The Kier molecular flexibility index (Phi) is 5.76. The molecule has 1 aromatic rings. The lowest BCUT2D eigenvalue weighted by Crippen LogP contribution is -2.47. The number of rotatable bonds is 7. The second-order valence-corrected chi connectivity index (χ2v) is 5.78. The molecule has 0 radical (unpaired) electrons. The minimum absolute atomic E-state index is 0.00808. The summed E-state index contributed by atoms with van der Waals surface area (Å²) in [5.41, 5.74) is 1.78. The second kappa shape index (κ2) is 7.57. The van der Waals surface area contributed by atoms with Crippen molar-refractivity contribution in [1.82, 2.24) is 5.32 Å². The molecule has 0 aromatic heterocycles. The summed E-state index contributed by atoms with van der Waals surface area (Å²) in [4.78, 5) is 12.1. The summed E-state index contributed by atoms with van der Waals surface area (Å²) in [6.45, 7) is 7.34. The predicted molar refractivity (Wildman–Crippen MR) is 82.3 cm³/mol. The molecule has 1 amide bonds. The molecule has 0 unspecified atom stereocenters. The van der Waals surface area contributed by atoms with E-state index in [-0.39, 0.29) is 18.1 Å². The lowest BCUT2D eigenvalue weighted by Gasteiger charge is -2.35. The van der Waals surface area contributed by atoms with Crippen molar-refractivity contribution >= 4 is 5.91 Å². The summed E-state index contributed by atoms with van der Waals surface area (Å²) in [5, 5.41) is 3.04. The van der Waals surface area contributed by atoms with E-state index >= 15 is 0 Å². The van der Waals surface area contributed by atoms with E-state index in [4.69, 9.17) is 9.47 Å². The fourth-order valence-electron chi connectivity index (χ4n) is 2.34. The van der Waals surface area contributed by atoms with Gasteiger partial charge in [-0.25, -0.2) is 0 Å². The highest BCUT2D eigenvalue weighted by Crippen LogP contribution is 2.23. The zero-order valence-electron chi connectivity index (χ0n) is 13.1. The third-order valence-corrected chi connectivity index (χ3v) is 3.63. The minimum atomic E-state index is -0.00808. The van der Waals surface area contributed by atoms with Gasteiger partial charge in [0.25, 0.3) is 5.91 Å². The average Bonchev–Trinajstić information content (AvgIpc) is 2.43. The molecule has 4 nitrogen and oxygen atoms in total. The van der Waals surface area contributed by atoms with Crippen LogP contribution in [0.2, 0.25) is 0 Å². The average molecular weight is 291 g/mol. The predicted octanol–water partition coefficient (Wildman–Crippen LogP) is 2.91. The van der Waals surface area contributed by atoms with Crippen molar-refractivity contribution in [3.63, 3.8) is 0 Å². The molecule has 0 atom stereocenters. The first kappa shape index (κ1) is 16.0. The van der Waals surface area contributed by atoms with Crippen LogP contribution in [0.1, 0.15) is 49.5 Å².